The first kappa shape index (κ1) is 37.4. The molecule has 0 amide bonds. The Labute approximate surface area is 293 Å². The van der Waals surface area contributed by atoms with E-state index in [2.05, 4.69) is 111 Å². The van der Waals surface area contributed by atoms with Crippen LogP contribution in [0.15, 0.2) is 60.7 Å². The lowest BCUT2D eigenvalue weighted by atomic mass is 9.70. The maximum Gasteiger partial charge on any atom is 0.126 e. The molecule has 0 saturated heterocycles. The number of fused-ring (bicyclic) bond motifs is 3. The van der Waals surface area contributed by atoms with E-state index in [1.807, 2.05) is 0 Å². The fourth-order valence-corrected chi connectivity index (χ4v) is 7.53. The van der Waals surface area contributed by atoms with Crippen LogP contribution >= 0.6 is 0 Å². The summed E-state index contributed by atoms with van der Waals surface area (Å²) in [5.41, 5.74) is 8.84. The van der Waals surface area contributed by atoms with Gasteiger partial charge in [0.25, 0.3) is 0 Å². The van der Waals surface area contributed by atoms with Crippen molar-refractivity contribution in [3.05, 3.63) is 88.5 Å². The molecule has 0 aromatic heterocycles. The highest BCUT2D eigenvalue weighted by molar-refractivity contribution is 5.82. The summed E-state index contributed by atoms with van der Waals surface area (Å²) in [6, 6.07) is 22.6. The molecule has 1 N–H and O–H groups in total. The van der Waals surface area contributed by atoms with Crippen LogP contribution in [-0.2, 0) is 11.8 Å². The molecule has 0 radical (unpaired) electrons. The zero-order chi connectivity index (χ0) is 34.4. The van der Waals surface area contributed by atoms with Gasteiger partial charge in [0.1, 0.15) is 5.60 Å². The second kappa shape index (κ2) is 18.3. The minimum atomic E-state index is -1.16. The van der Waals surface area contributed by atoms with Crippen LogP contribution < -0.4 is 4.90 Å². The summed E-state index contributed by atoms with van der Waals surface area (Å²) in [5.74, 6) is 9.61. The van der Waals surface area contributed by atoms with Gasteiger partial charge in [-0.25, -0.2) is 0 Å². The van der Waals surface area contributed by atoms with Crippen LogP contribution in [0.4, 0.5) is 5.69 Å². The van der Waals surface area contributed by atoms with Crippen LogP contribution in [0.3, 0.4) is 0 Å². The first-order valence-electron chi connectivity index (χ1n) is 19.2. The summed E-state index contributed by atoms with van der Waals surface area (Å²) in [4.78, 5) is 2.59. The lowest BCUT2D eigenvalue weighted by molar-refractivity contribution is 0.123. The van der Waals surface area contributed by atoms with Gasteiger partial charge in [0.05, 0.1) is 0 Å². The van der Waals surface area contributed by atoms with Gasteiger partial charge in [-0.1, -0.05) is 134 Å². The summed E-state index contributed by atoms with van der Waals surface area (Å²) in [6.45, 7) is 13.1. The van der Waals surface area contributed by atoms with Crippen molar-refractivity contribution >= 4 is 5.69 Å². The Morgan fingerprint density at radius 1 is 0.646 bits per heavy atom. The molecule has 1 atom stereocenters. The molecule has 0 bridgehead atoms. The molecule has 0 saturated carbocycles. The van der Waals surface area contributed by atoms with Crippen molar-refractivity contribution in [2.75, 3.05) is 18.0 Å². The maximum atomic E-state index is 10.7. The summed E-state index contributed by atoms with van der Waals surface area (Å²) in [6.07, 6.45) is 23.4. The van der Waals surface area contributed by atoms with Gasteiger partial charge >= 0.3 is 0 Å². The van der Waals surface area contributed by atoms with E-state index in [9.17, 15) is 5.11 Å². The molecular weight excluding hydrogens is 583 g/mol. The van der Waals surface area contributed by atoms with Gasteiger partial charge in [0.2, 0.25) is 0 Å². The molecule has 1 unspecified atom stereocenters. The van der Waals surface area contributed by atoms with Crippen LogP contribution in [0.25, 0.3) is 11.1 Å². The Bertz CT molecular complexity index is 1520. The molecule has 2 nitrogen and oxygen atoms in total. The van der Waals surface area contributed by atoms with Crippen molar-refractivity contribution in [1.29, 1.82) is 0 Å². The highest BCUT2D eigenvalue weighted by Crippen LogP contribution is 2.54. The van der Waals surface area contributed by atoms with E-state index in [-0.39, 0.29) is 5.41 Å². The second-order valence-corrected chi connectivity index (χ2v) is 14.4. The summed E-state index contributed by atoms with van der Waals surface area (Å²) < 4.78 is 0. The first-order chi connectivity index (χ1) is 23.3. The number of benzene rings is 3. The highest BCUT2D eigenvalue weighted by Gasteiger charge is 2.42. The summed E-state index contributed by atoms with van der Waals surface area (Å²) >= 11 is 0. The van der Waals surface area contributed by atoms with E-state index in [1.165, 1.54) is 92.1 Å². The number of terminal acetylenes is 1. The monoisotopic (exact) mass is 643 g/mol. The minimum Gasteiger partial charge on any atom is -0.378 e. The fraction of sp³-hybridized carbons (Fsp3) is 0.522. The number of rotatable bonds is 19. The van der Waals surface area contributed by atoms with Crippen molar-refractivity contribution in [1.82, 2.24) is 0 Å². The third-order valence-electron chi connectivity index (χ3n) is 10.3. The predicted molar refractivity (Wildman–Crippen MR) is 208 cm³/mol. The Morgan fingerprint density at radius 3 is 1.73 bits per heavy atom. The molecule has 3 aromatic carbocycles. The van der Waals surface area contributed by atoms with Crippen LogP contribution in [0.2, 0.25) is 0 Å². The number of nitrogens with zero attached hydrogens (tertiary/aromatic N) is 1. The van der Waals surface area contributed by atoms with E-state index < -0.39 is 5.60 Å². The fourth-order valence-electron chi connectivity index (χ4n) is 7.53. The molecule has 0 fully saturated rings. The SMILES string of the molecule is C#CC(C)(O)Cc1ccc2c(c1)C(CCCC)(CCCC)c1cc(C#Cc3ccc(N(CCCCCC)CCCCCC)cc3)ccc1-2. The zero-order valence-electron chi connectivity index (χ0n) is 30.8. The van der Waals surface area contributed by atoms with Crippen LogP contribution in [0.5, 0.6) is 0 Å². The third-order valence-corrected chi connectivity index (χ3v) is 10.3. The Hall–Kier alpha value is -3.46. The Kier molecular flexibility index (Phi) is 14.3. The van der Waals surface area contributed by atoms with Crippen molar-refractivity contribution in [3.63, 3.8) is 0 Å². The molecule has 1 aliphatic rings. The van der Waals surface area contributed by atoms with E-state index in [0.717, 1.165) is 55.5 Å². The number of aliphatic hydroxyl groups is 1. The van der Waals surface area contributed by atoms with Crippen LogP contribution in [-0.4, -0.2) is 23.8 Å². The van der Waals surface area contributed by atoms with Gasteiger partial charge < -0.3 is 10.0 Å². The molecule has 3 aromatic rings. The van der Waals surface area contributed by atoms with E-state index >= 15 is 0 Å². The number of hydrogen-bond acceptors (Lipinski definition) is 2. The van der Waals surface area contributed by atoms with Crippen molar-refractivity contribution in [3.8, 4) is 35.3 Å². The lowest BCUT2D eigenvalue weighted by Crippen LogP contribution is -2.27. The summed E-state index contributed by atoms with van der Waals surface area (Å²) in [5, 5.41) is 10.7. The third kappa shape index (κ3) is 9.58. The molecule has 0 spiro atoms. The second-order valence-electron chi connectivity index (χ2n) is 14.4. The molecule has 48 heavy (non-hydrogen) atoms. The van der Waals surface area contributed by atoms with Gasteiger partial charge in [-0.3, -0.25) is 0 Å². The normalized spacial score (nSPS) is 13.9. The predicted octanol–water partition coefficient (Wildman–Crippen LogP) is 11.6. The number of anilines is 1. The van der Waals surface area contributed by atoms with Gasteiger partial charge in [-0.15, -0.1) is 6.42 Å². The van der Waals surface area contributed by atoms with Gasteiger partial charge in [0.15, 0.2) is 0 Å². The molecule has 1 aliphatic carbocycles. The van der Waals surface area contributed by atoms with Gasteiger partial charge in [-0.2, -0.15) is 0 Å². The smallest absolute Gasteiger partial charge is 0.126 e. The average molecular weight is 644 g/mol. The maximum absolute atomic E-state index is 10.7. The van der Waals surface area contributed by atoms with E-state index in [4.69, 9.17) is 6.42 Å². The van der Waals surface area contributed by atoms with Crippen molar-refractivity contribution in [2.24, 2.45) is 0 Å². The number of unbranched alkanes of at least 4 members (excludes halogenated alkanes) is 8. The Morgan fingerprint density at radius 2 is 1.17 bits per heavy atom. The van der Waals surface area contributed by atoms with Crippen molar-refractivity contribution < 1.29 is 5.11 Å². The molecule has 4 rings (SSSR count). The molecule has 0 aliphatic heterocycles. The largest absolute Gasteiger partial charge is 0.378 e. The standard InChI is InChI=1S/C46H61NO/c1-7-12-16-18-32-47(33-19-17-13-8-2)40-26-22-37(23-27-40)20-21-38-24-28-41-42-29-25-39(36-45(6,48)11-5)35-44(42)46(30-14-9-3,31-15-10-4)43(41)34-38/h5,22-29,34-35,48H,7-10,12-19,30-33,36H2,1-4,6H3. The quantitative estimate of drug-likeness (QED) is 0.104. The van der Waals surface area contributed by atoms with Crippen LogP contribution in [0.1, 0.15) is 152 Å². The van der Waals surface area contributed by atoms with Crippen LogP contribution in [0, 0.1) is 24.2 Å². The topological polar surface area (TPSA) is 23.5 Å². The Balaban J connectivity index is 1.62. The van der Waals surface area contributed by atoms with Gasteiger partial charge in [0, 0.05) is 41.7 Å². The minimum absolute atomic E-state index is 0.0498. The molecular formula is C46H61NO. The lowest BCUT2D eigenvalue weighted by Gasteiger charge is -2.33. The van der Waals surface area contributed by atoms with E-state index in [0.29, 0.717) is 6.42 Å². The zero-order valence-corrected chi connectivity index (χ0v) is 30.8. The van der Waals surface area contributed by atoms with Crippen molar-refractivity contribution in [2.45, 2.75) is 142 Å². The van der Waals surface area contributed by atoms with E-state index in [1.54, 1.807) is 6.92 Å². The summed E-state index contributed by atoms with van der Waals surface area (Å²) in [7, 11) is 0. The molecule has 2 heteroatoms. The molecule has 0 heterocycles. The average Bonchev–Trinajstić information content (AvgIpc) is 3.36. The highest BCUT2D eigenvalue weighted by atomic mass is 16.3. The first-order valence-corrected chi connectivity index (χ1v) is 19.2. The number of hydrogen-bond donors (Lipinski definition) is 1. The molecule has 256 valence electrons. The van der Waals surface area contributed by atoms with Gasteiger partial charge in [-0.05, 0) is 96.8 Å².